The zero-order chi connectivity index (χ0) is 15.9. The molecule has 6 nitrogen and oxygen atoms in total. The van der Waals surface area contributed by atoms with Gasteiger partial charge in [0, 0.05) is 38.3 Å². The minimum absolute atomic E-state index is 0.249. The fraction of sp³-hybridized carbons (Fsp3) is 0.812. The van der Waals surface area contributed by atoms with Gasteiger partial charge in [0.05, 0.1) is 0 Å². The number of piperidine rings is 1. The van der Waals surface area contributed by atoms with Gasteiger partial charge in [-0.1, -0.05) is 0 Å². The summed E-state index contributed by atoms with van der Waals surface area (Å²) in [4.78, 5) is 4.40. The molecule has 0 unspecified atom stereocenters. The van der Waals surface area contributed by atoms with E-state index in [1.54, 1.807) is 10.5 Å². The second-order valence-electron chi connectivity index (χ2n) is 7.18. The first kappa shape index (κ1) is 15.6. The SMILES string of the molecule is O=S(=O)(c1cn2c(n1)CCCC2)N1CCC(NCC2CC2)CC1. The van der Waals surface area contributed by atoms with Crippen LogP contribution in [0.5, 0.6) is 0 Å². The van der Waals surface area contributed by atoms with Crippen LogP contribution in [0.25, 0.3) is 0 Å². The van der Waals surface area contributed by atoms with Crippen molar-refractivity contribution in [2.45, 2.75) is 62.6 Å². The van der Waals surface area contributed by atoms with Crippen molar-refractivity contribution in [3.8, 4) is 0 Å². The Kier molecular flexibility index (Phi) is 4.19. The van der Waals surface area contributed by atoms with Crippen molar-refractivity contribution in [1.82, 2.24) is 19.2 Å². The molecule has 4 rings (SSSR count). The van der Waals surface area contributed by atoms with Gasteiger partial charge in [-0.25, -0.2) is 13.4 Å². The van der Waals surface area contributed by atoms with Crippen LogP contribution in [-0.2, 0) is 23.0 Å². The number of nitrogens with one attached hydrogen (secondary N) is 1. The second-order valence-corrected chi connectivity index (χ2v) is 9.06. The Hall–Kier alpha value is -0.920. The Morgan fingerprint density at radius 3 is 2.61 bits per heavy atom. The third kappa shape index (κ3) is 3.32. The summed E-state index contributed by atoms with van der Waals surface area (Å²) in [5.74, 6) is 1.80. The summed E-state index contributed by atoms with van der Waals surface area (Å²) in [5, 5.41) is 3.84. The normalized spacial score (nSPS) is 23.8. The summed E-state index contributed by atoms with van der Waals surface area (Å²) in [6.07, 6.45) is 9.36. The molecule has 0 spiro atoms. The fourth-order valence-electron chi connectivity index (χ4n) is 3.60. The minimum atomic E-state index is -3.42. The summed E-state index contributed by atoms with van der Waals surface area (Å²) in [5.41, 5.74) is 0. The van der Waals surface area contributed by atoms with Gasteiger partial charge in [0.2, 0.25) is 0 Å². The van der Waals surface area contributed by atoms with E-state index in [0.29, 0.717) is 19.1 Å². The summed E-state index contributed by atoms with van der Waals surface area (Å²) in [6.45, 7) is 3.20. The van der Waals surface area contributed by atoms with Gasteiger partial charge in [-0.05, 0) is 51.0 Å². The van der Waals surface area contributed by atoms with E-state index < -0.39 is 10.0 Å². The van der Waals surface area contributed by atoms with Gasteiger partial charge < -0.3 is 9.88 Å². The molecule has 1 aromatic heterocycles. The van der Waals surface area contributed by atoms with Crippen LogP contribution in [0.3, 0.4) is 0 Å². The summed E-state index contributed by atoms with van der Waals surface area (Å²) in [6, 6.07) is 0.470. The summed E-state index contributed by atoms with van der Waals surface area (Å²) >= 11 is 0. The highest BCUT2D eigenvalue weighted by molar-refractivity contribution is 7.89. The maximum atomic E-state index is 12.8. The molecule has 1 N–H and O–H groups in total. The van der Waals surface area contributed by atoms with Gasteiger partial charge in [-0.15, -0.1) is 0 Å². The van der Waals surface area contributed by atoms with Crippen LogP contribution in [0.4, 0.5) is 0 Å². The van der Waals surface area contributed by atoms with Crippen LogP contribution in [0.1, 0.15) is 44.3 Å². The minimum Gasteiger partial charge on any atom is -0.333 e. The monoisotopic (exact) mass is 338 g/mol. The lowest BCUT2D eigenvalue weighted by atomic mass is 10.1. The number of aryl methyl sites for hydroxylation is 2. The molecule has 0 radical (unpaired) electrons. The lowest BCUT2D eigenvalue weighted by Crippen LogP contribution is -2.45. The molecule has 128 valence electrons. The first-order valence-corrected chi connectivity index (χ1v) is 10.4. The van der Waals surface area contributed by atoms with E-state index in [-0.39, 0.29) is 5.03 Å². The highest BCUT2D eigenvalue weighted by atomic mass is 32.2. The summed E-state index contributed by atoms with van der Waals surface area (Å²) < 4.78 is 29.3. The Labute approximate surface area is 138 Å². The first-order valence-electron chi connectivity index (χ1n) is 8.92. The predicted molar refractivity (Wildman–Crippen MR) is 87.7 cm³/mol. The topological polar surface area (TPSA) is 67.2 Å². The lowest BCUT2D eigenvalue weighted by Gasteiger charge is -2.31. The number of fused-ring (bicyclic) bond motifs is 1. The number of sulfonamides is 1. The van der Waals surface area contributed by atoms with E-state index in [9.17, 15) is 8.42 Å². The molecule has 0 bridgehead atoms. The number of rotatable bonds is 5. The number of nitrogens with zero attached hydrogens (tertiary/aromatic N) is 3. The number of aromatic nitrogens is 2. The van der Waals surface area contributed by atoms with Crippen molar-refractivity contribution in [3.05, 3.63) is 12.0 Å². The predicted octanol–water partition coefficient (Wildman–Crippen LogP) is 1.37. The molecule has 0 atom stereocenters. The van der Waals surface area contributed by atoms with Gasteiger partial charge in [0.15, 0.2) is 5.03 Å². The molecular formula is C16H26N4O2S. The average molecular weight is 338 g/mol. The van der Waals surface area contributed by atoms with E-state index >= 15 is 0 Å². The van der Waals surface area contributed by atoms with Crippen molar-refractivity contribution < 1.29 is 8.42 Å². The van der Waals surface area contributed by atoms with E-state index in [0.717, 1.165) is 56.9 Å². The molecule has 7 heteroatoms. The molecule has 1 aromatic rings. The molecule has 2 aliphatic heterocycles. The highest BCUT2D eigenvalue weighted by Crippen LogP contribution is 2.28. The molecule has 1 aliphatic carbocycles. The van der Waals surface area contributed by atoms with Gasteiger partial charge >= 0.3 is 0 Å². The van der Waals surface area contributed by atoms with Gasteiger partial charge in [0.25, 0.3) is 10.0 Å². The maximum Gasteiger partial charge on any atom is 0.262 e. The zero-order valence-electron chi connectivity index (χ0n) is 13.6. The van der Waals surface area contributed by atoms with Crippen molar-refractivity contribution in [2.24, 2.45) is 5.92 Å². The van der Waals surface area contributed by atoms with Crippen LogP contribution in [-0.4, -0.2) is 48.0 Å². The van der Waals surface area contributed by atoms with Gasteiger partial charge in [-0.3, -0.25) is 0 Å². The Balaban J connectivity index is 1.39. The fourth-order valence-corrected chi connectivity index (χ4v) is 5.04. The number of imidazole rings is 1. The molecule has 3 heterocycles. The highest BCUT2D eigenvalue weighted by Gasteiger charge is 2.32. The van der Waals surface area contributed by atoms with Gasteiger partial charge in [-0.2, -0.15) is 4.31 Å². The Morgan fingerprint density at radius 1 is 1.13 bits per heavy atom. The van der Waals surface area contributed by atoms with Crippen LogP contribution in [0.15, 0.2) is 11.2 Å². The van der Waals surface area contributed by atoms with Crippen LogP contribution >= 0.6 is 0 Å². The molecule has 0 aromatic carbocycles. The third-order valence-electron chi connectivity index (χ3n) is 5.34. The van der Waals surface area contributed by atoms with Crippen molar-refractivity contribution in [1.29, 1.82) is 0 Å². The van der Waals surface area contributed by atoms with Crippen LogP contribution < -0.4 is 5.32 Å². The first-order chi connectivity index (χ1) is 11.1. The lowest BCUT2D eigenvalue weighted by molar-refractivity contribution is 0.287. The maximum absolute atomic E-state index is 12.8. The molecule has 0 amide bonds. The second kappa shape index (κ2) is 6.18. The van der Waals surface area contributed by atoms with Crippen molar-refractivity contribution in [2.75, 3.05) is 19.6 Å². The molecule has 2 fully saturated rings. The largest absolute Gasteiger partial charge is 0.333 e. The van der Waals surface area contributed by atoms with Gasteiger partial charge in [0.1, 0.15) is 5.82 Å². The Bertz CT molecular complexity index is 634. The average Bonchev–Trinajstić information content (AvgIpc) is 3.29. The van der Waals surface area contributed by atoms with Crippen LogP contribution in [0, 0.1) is 5.92 Å². The van der Waals surface area contributed by atoms with E-state index in [2.05, 4.69) is 10.3 Å². The molecule has 1 saturated carbocycles. The number of hydrogen-bond donors (Lipinski definition) is 1. The number of hydrogen-bond acceptors (Lipinski definition) is 4. The zero-order valence-corrected chi connectivity index (χ0v) is 14.4. The molecular weight excluding hydrogens is 312 g/mol. The Morgan fingerprint density at radius 2 is 1.91 bits per heavy atom. The van der Waals surface area contributed by atoms with Crippen molar-refractivity contribution >= 4 is 10.0 Å². The molecule has 3 aliphatic rings. The molecule has 1 saturated heterocycles. The standard InChI is InChI=1S/C16H26N4O2S/c21-23(22,16-12-19-8-2-1-3-15(19)18-16)20-9-6-14(7-10-20)17-11-13-4-5-13/h12-14,17H,1-11H2. The third-order valence-corrected chi connectivity index (χ3v) is 7.11. The smallest absolute Gasteiger partial charge is 0.262 e. The van der Waals surface area contributed by atoms with Crippen molar-refractivity contribution in [3.63, 3.8) is 0 Å². The quantitative estimate of drug-likeness (QED) is 0.880. The van der Waals surface area contributed by atoms with Crippen LogP contribution in [0.2, 0.25) is 0 Å². The van der Waals surface area contributed by atoms with E-state index in [1.807, 2.05) is 4.57 Å². The van der Waals surface area contributed by atoms with E-state index in [1.165, 1.54) is 12.8 Å². The summed E-state index contributed by atoms with van der Waals surface area (Å²) in [7, 11) is -3.42. The van der Waals surface area contributed by atoms with E-state index in [4.69, 9.17) is 0 Å². The molecule has 23 heavy (non-hydrogen) atoms.